The highest BCUT2D eigenvalue weighted by Gasteiger charge is 2.23. The monoisotopic (exact) mass is 337 g/mol. The van der Waals surface area contributed by atoms with Crippen molar-refractivity contribution in [2.75, 3.05) is 0 Å². The molecule has 0 aliphatic rings. The molecule has 0 amide bonds. The quantitative estimate of drug-likeness (QED) is 0.571. The summed E-state index contributed by atoms with van der Waals surface area (Å²) in [6.45, 7) is 8.35. The minimum Gasteiger partial charge on any atom is -0.415 e. The SMILES string of the molecule is CC(Cc1onc(-c2ccccc2Cl)c1C=O)O[Si](C)(C)C. The third-order valence-corrected chi connectivity index (χ3v) is 4.52. The van der Waals surface area contributed by atoms with Crippen LogP contribution >= 0.6 is 11.6 Å². The van der Waals surface area contributed by atoms with E-state index in [-0.39, 0.29) is 6.10 Å². The molecule has 2 rings (SSSR count). The van der Waals surface area contributed by atoms with Crippen LogP contribution in [0.1, 0.15) is 23.0 Å². The lowest BCUT2D eigenvalue weighted by atomic mass is 10.0. The Morgan fingerprint density at radius 2 is 2.05 bits per heavy atom. The number of aromatic nitrogens is 1. The van der Waals surface area contributed by atoms with Crippen LogP contribution in [0.4, 0.5) is 0 Å². The number of aldehydes is 1. The summed E-state index contributed by atoms with van der Waals surface area (Å²) in [5.74, 6) is 0.538. The zero-order valence-corrected chi connectivity index (χ0v) is 15.0. The molecule has 0 saturated carbocycles. The van der Waals surface area contributed by atoms with E-state index in [0.29, 0.717) is 34.0 Å². The average Bonchev–Trinajstić information content (AvgIpc) is 2.79. The fourth-order valence-corrected chi connectivity index (χ4v) is 3.87. The van der Waals surface area contributed by atoms with Crippen LogP contribution in [0.25, 0.3) is 11.3 Å². The Morgan fingerprint density at radius 3 is 2.64 bits per heavy atom. The standard InChI is InChI=1S/C16H20ClNO3Si/c1-11(21-22(2,3)4)9-15-13(10-19)16(18-20-15)12-7-5-6-8-14(12)17/h5-8,10-11H,9H2,1-4H3. The van der Waals surface area contributed by atoms with Gasteiger partial charge in [-0.25, -0.2) is 0 Å². The van der Waals surface area contributed by atoms with Crippen molar-refractivity contribution in [3.63, 3.8) is 0 Å². The van der Waals surface area contributed by atoms with Crippen LogP contribution in [0, 0.1) is 0 Å². The fraction of sp³-hybridized carbons (Fsp3) is 0.375. The van der Waals surface area contributed by atoms with Crippen molar-refractivity contribution >= 4 is 26.2 Å². The molecule has 0 aliphatic carbocycles. The molecule has 1 unspecified atom stereocenters. The van der Waals surface area contributed by atoms with Crippen LogP contribution in [-0.2, 0) is 10.8 Å². The summed E-state index contributed by atoms with van der Waals surface area (Å²) in [7, 11) is -1.64. The summed E-state index contributed by atoms with van der Waals surface area (Å²) in [5, 5.41) is 4.57. The van der Waals surface area contributed by atoms with Crippen molar-refractivity contribution in [2.45, 2.75) is 39.1 Å². The molecular formula is C16H20ClNO3Si. The summed E-state index contributed by atoms with van der Waals surface area (Å²) >= 11 is 6.17. The summed E-state index contributed by atoms with van der Waals surface area (Å²) in [6.07, 6.45) is 1.25. The molecule has 0 radical (unpaired) electrons. The van der Waals surface area contributed by atoms with Gasteiger partial charge in [0.05, 0.1) is 10.6 Å². The van der Waals surface area contributed by atoms with E-state index in [1.54, 1.807) is 6.07 Å². The van der Waals surface area contributed by atoms with E-state index in [1.807, 2.05) is 25.1 Å². The van der Waals surface area contributed by atoms with E-state index in [2.05, 4.69) is 24.8 Å². The number of rotatable bonds is 6. The Hall–Kier alpha value is -1.43. The average molecular weight is 338 g/mol. The van der Waals surface area contributed by atoms with Crippen LogP contribution in [0.15, 0.2) is 28.8 Å². The maximum Gasteiger partial charge on any atom is 0.184 e. The highest BCUT2D eigenvalue weighted by Crippen LogP contribution is 2.31. The number of carbonyl (C=O) groups excluding carboxylic acids is 1. The smallest absolute Gasteiger partial charge is 0.184 e. The summed E-state index contributed by atoms with van der Waals surface area (Å²) < 4.78 is 11.4. The lowest BCUT2D eigenvalue weighted by Gasteiger charge is -2.22. The lowest BCUT2D eigenvalue weighted by molar-refractivity contribution is 0.112. The van der Waals surface area contributed by atoms with Crippen LogP contribution in [0.5, 0.6) is 0 Å². The summed E-state index contributed by atoms with van der Waals surface area (Å²) in [5.41, 5.74) is 1.62. The highest BCUT2D eigenvalue weighted by atomic mass is 35.5. The molecule has 0 aliphatic heterocycles. The molecule has 0 N–H and O–H groups in total. The maximum absolute atomic E-state index is 11.5. The Labute approximate surface area is 136 Å². The number of halogens is 1. The zero-order valence-electron chi connectivity index (χ0n) is 13.2. The minimum atomic E-state index is -1.64. The molecule has 22 heavy (non-hydrogen) atoms. The molecule has 1 atom stereocenters. The molecule has 1 aromatic heterocycles. The molecule has 0 spiro atoms. The van der Waals surface area contributed by atoms with Gasteiger partial charge in [0.15, 0.2) is 14.6 Å². The highest BCUT2D eigenvalue weighted by molar-refractivity contribution is 6.69. The van der Waals surface area contributed by atoms with E-state index in [4.69, 9.17) is 20.6 Å². The molecule has 0 fully saturated rings. The lowest BCUT2D eigenvalue weighted by Crippen LogP contribution is -2.31. The topological polar surface area (TPSA) is 52.3 Å². The van der Waals surface area contributed by atoms with E-state index >= 15 is 0 Å². The van der Waals surface area contributed by atoms with Gasteiger partial charge in [0.25, 0.3) is 0 Å². The van der Waals surface area contributed by atoms with E-state index in [9.17, 15) is 4.79 Å². The first kappa shape index (κ1) is 16.9. The van der Waals surface area contributed by atoms with Crippen molar-refractivity contribution in [3.8, 4) is 11.3 Å². The Morgan fingerprint density at radius 1 is 1.36 bits per heavy atom. The number of benzene rings is 1. The summed E-state index contributed by atoms with van der Waals surface area (Å²) in [6, 6.07) is 7.26. The normalized spacial score (nSPS) is 13.1. The number of nitrogens with zero attached hydrogens (tertiary/aromatic N) is 1. The number of hydrogen-bond acceptors (Lipinski definition) is 4. The van der Waals surface area contributed by atoms with Gasteiger partial charge in [0, 0.05) is 18.1 Å². The van der Waals surface area contributed by atoms with Gasteiger partial charge in [-0.05, 0) is 32.6 Å². The van der Waals surface area contributed by atoms with Crippen molar-refractivity contribution in [2.24, 2.45) is 0 Å². The Bertz CT molecular complexity index is 664. The molecule has 1 aromatic carbocycles. The van der Waals surface area contributed by atoms with Gasteiger partial charge >= 0.3 is 0 Å². The van der Waals surface area contributed by atoms with Crippen molar-refractivity contribution in [3.05, 3.63) is 40.6 Å². The van der Waals surface area contributed by atoms with E-state index in [1.165, 1.54) is 0 Å². The fourth-order valence-electron chi connectivity index (χ4n) is 2.35. The van der Waals surface area contributed by atoms with Gasteiger partial charge < -0.3 is 8.95 Å². The first-order valence-corrected chi connectivity index (χ1v) is 11.0. The van der Waals surface area contributed by atoms with Gasteiger partial charge in [-0.15, -0.1) is 0 Å². The number of hydrogen-bond donors (Lipinski definition) is 0. The molecule has 2 aromatic rings. The van der Waals surface area contributed by atoms with Gasteiger partial charge in [-0.2, -0.15) is 0 Å². The summed E-state index contributed by atoms with van der Waals surface area (Å²) in [4.78, 5) is 11.5. The molecule has 0 saturated heterocycles. The molecule has 6 heteroatoms. The molecular weight excluding hydrogens is 318 g/mol. The van der Waals surface area contributed by atoms with E-state index in [0.717, 1.165) is 6.29 Å². The molecule has 4 nitrogen and oxygen atoms in total. The second-order valence-electron chi connectivity index (χ2n) is 6.21. The predicted molar refractivity (Wildman–Crippen MR) is 89.9 cm³/mol. The first-order chi connectivity index (χ1) is 10.3. The van der Waals surface area contributed by atoms with Gasteiger partial charge in [-0.3, -0.25) is 4.79 Å². The van der Waals surface area contributed by atoms with Crippen LogP contribution in [-0.4, -0.2) is 25.9 Å². The first-order valence-electron chi connectivity index (χ1n) is 7.18. The van der Waals surface area contributed by atoms with Crippen LogP contribution in [0.2, 0.25) is 24.7 Å². The van der Waals surface area contributed by atoms with Crippen molar-refractivity contribution in [1.29, 1.82) is 0 Å². The predicted octanol–water partition coefficient (Wildman–Crippen LogP) is 4.59. The van der Waals surface area contributed by atoms with Crippen LogP contribution < -0.4 is 0 Å². The van der Waals surface area contributed by atoms with Crippen molar-refractivity contribution < 1.29 is 13.7 Å². The molecule has 0 bridgehead atoms. The van der Waals surface area contributed by atoms with E-state index < -0.39 is 8.32 Å². The second kappa shape index (κ2) is 6.77. The Kier molecular flexibility index (Phi) is 5.21. The van der Waals surface area contributed by atoms with Gasteiger partial charge in [0.1, 0.15) is 11.5 Å². The molecule has 1 heterocycles. The second-order valence-corrected chi connectivity index (χ2v) is 11.1. The van der Waals surface area contributed by atoms with Gasteiger partial charge in [0.2, 0.25) is 0 Å². The maximum atomic E-state index is 11.5. The third-order valence-electron chi connectivity index (χ3n) is 3.08. The number of carbonyl (C=O) groups is 1. The van der Waals surface area contributed by atoms with Crippen molar-refractivity contribution in [1.82, 2.24) is 5.16 Å². The Balaban J connectivity index is 2.29. The van der Waals surface area contributed by atoms with Crippen LogP contribution in [0.3, 0.4) is 0 Å². The van der Waals surface area contributed by atoms with Gasteiger partial charge in [-0.1, -0.05) is 35.0 Å². The third kappa shape index (κ3) is 4.06. The minimum absolute atomic E-state index is 0.0302. The molecule has 118 valence electrons. The zero-order chi connectivity index (χ0) is 16.3. The largest absolute Gasteiger partial charge is 0.415 e.